The second-order valence-corrected chi connectivity index (χ2v) is 13.0. The van der Waals surface area contributed by atoms with Crippen molar-refractivity contribution in [3.8, 4) is 46.0 Å². The molecule has 2 aliphatic heterocycles. The molecule has 0 amide bonds. The van der Waals surface area contributed by atoms with Crippen LogP contribution < -0.4 is 37.9 Å². The first kappa shape index (κ1) is 43.9. The van der Waals surface area contributed by atoms with Crippen LogP contribution >= 0.6 is 0 Å². The minimum Gasteiger partial charge on any atom is -0.493 e. The monoisotopic (exact) mass is 854 g/mol. The van der Waals surface area contributed by atoms with Crippen molar-refractivity contribution < 1.29 is 85.6 Å². The van der Waals surface area contributed by atoms with Gasteiger partial charge in [0, 0.05) is 12.2 Å². The molecule has 62 heavy (non-hydrogen) atoms. The fourth-order valence-corrected chi connectivity index (χ4v) is 6.18. The summed E-state index contributed by atoms with van der Waals surface area (Å²) in [6, 6.07) is 16.2. The Balaban J connectivity index is 1.04. The number of carbonyl (C=O) groups excluding carboxylic acids is 6. The van der Waals surface area contributed by atoms with Gasteiger partial charge in [0.25, 0.3) is 0 Å². The molecule has 0 bridgehead atoms. The summed E-state index contributed by atoms with van der Waals surface area (Å²) < 4.78 is 65.6. The minimum absolute atomic E-state index is 0.00481. The zero-order valence-electron chi connectivity index (χ0n) is 33.6. The number of fused-ring (bicyclic) bond motifs is 1. The summed E-state index contributed by atoms with van der Waals surface area (Å²) in [6.45, 7) is 6.58. The van der Waals surface area contributed by atoms with E-state index in [1.165, 1.54) is 101 Å². The molecule has 0 spiro atoms. The zero-order valence-corrected chi connectivity index (χ0v) is 33.6. The van der Waals surface area contributed by atoms with Gasteiger partial charge in [-0.2, -0.15) is 0 Å². The highest BCUT2D eigenvalue weighted by molar-refractivity contribution is 5.95. The van der Waals surface area contributed by atoms with Gasteiger partial charge in [-0.3, -0.25) is 0 Å². The summed E-state index contributed by atoms with van der Waals surface area (Å²) in [5.74, 6) is -4.12. The van der Waals surface area contributed by atoms with Crippen molar-refractivity contribution in [2.24, 2.45) is 0 Å². The van der Waals surface area contributed by atoms with E-state index in [4.69, 9.17) is 56.8 Å². The molecular weight excluding hydrogens is 816 g/mol. The molecule has 6 rings (SSSR count). The van der Waals surface area contributed by atoms with E-state index in [0.29, 0.717) is 0 Å². The van der Waals surface area contributed by atoms with E-state index in [9.17, 15) is 28.8 Å². The lowest BCUT2D eigenvalue weighted by molar-refractivity contribution is -0.130. The van der Waals surface area contributed by atoms with Crippen LogP contribution in [0.4, 0.5) is 0 Å². The Labute approximate surface area is 353 Å². The van der Waals surface area contributed by atoms with Crippen molar-refractivity contribution in [3.05, 3.63) is 120 Å². The van der Waals surface area contributed by atoms with Crippen LogP contribution in [0.5, 0.6) is 46.0 Å². The predicted molar refractivity (Wildman–Crippen MR) is 211 cm³/mol. The van der Waals surface area contributed by atoms with Gasteiger partial charge in [-0.25, -0.2) is 28.8 Å². The highest BCUT2D eigenvalue weighted by Crippen LogP contribution is 2.36. The molecule has 4 aromatic rings. The van der Waals surface area contributed by atoms with Crippen LogP contribution in [0.1, 0.15) is 41.4 Å². The molecule has 18 heteroatoms. The third-order valence-electron chi connectivity index (χ3n) is 9.24. The second kappa shape index (κ2) is 19.6. The number of esters is 6. The van der Waals surface area contributed by atoms with Crippen molar-refractivity contribution >= 4 is 35.8 Å². The third-order valence-corrected chi connectivity index (χ3v) is 9.24. The van der Waals surface area contributed by atoms with Crippen molar-refractivity contribution in [2.45, 2.75) is 24.4 Å². The molecule has 322 valence electrons. The Hall–Kier alpha value is -7.70. The quantitative estimate of drug-likeness (QED) is 0.0833. The zero-order chi connectivity index (χ0) is 44.5. The topological polar surface area (TPSA) is 213 Å². The van der Waals surface area contributed by atoms with E-state index in [0.717, 1.165) is 12.2 Å². The van der Waals surface area contributed by atoms with Crippen molar-refractivity contribution in [1.82, 2.24) is 0 Å². The van der Waals surface area contributed by atoms with Gasteiger partial charge in [-0.05, 0) is 72.8 Å². The Kier molecular flexibility index (Phi) is 13.9. The molecule has 18 nitrogen and oxygen atoms in total. The van der Waals surface area contributed by atoms with E-state index in [1.807, 2.05) is 0 Å². The average molecular weight is 855 g/mol. The first-order chi connectivity index (χ1) is 29.9. The summed E-state index contributed by atoms with van der Waals surface area (Å²) in [7, 11) is 5.32. The third kappa shape index (κ3) is 9.83. The molecule has 0 aromatic heterocycles. The van der Waals surface area contributed by atoms with E-state index in [1.54, 1.807) is 0 Å². The predicted octanol–water partition coefficient (Wildman–Crippen LogP) is 4.89. The molecular formula is C44H38O18. The number of benzene rings is 4. The normalized spacial score (nSPS) is 17.3. The maximum Gasteiger partial charge on any atom is 0.343 e. The van der Waals surface area contributed by atoms with Crippen LogP contribution in [0.2, 0.25) is 0 Å². The Morgan fingerprint density at radius 1 is 0.452 bits per heavy atom. The molecule has 0 unspecified atom stereocenters. The average Bonchev–Trinajstić information content (AvgIpc) is 3.88. The lowest BCUT2D eigenvalue weighted by atomic mass is 10.1. The van der Waals surface area contributed by atoms with E-state index in [2.05, 4.69) is 13.2 Å². The first-order valence-electron chi connectivity index (χ1n) is 18.4. The summed E-state index contributed by atoms with van der Waals surface area (Å²) >= 11 is 0. The van der Waals surface area contributed by atoms with Crippen LogP contribution in [-0.2, 0) is 28.5 Å². The van der Waals surface area contributed by atoms with Crippen LogP contribution in [0.25, 0.3) is 0 Å². The summed E-state index contributed by atoms with van der Waals surface area (Å²) in [6.07, 6.45) is -1.30. The van der Waals surface area contributed by atoms with Crippen LogP contribution in [0.15, 0.2) is 98.1 Å². The van der Waals surface area contributed by atoms with E-state index >= 15 is 0 Å². The van der Waals surface area contributed by atoms with Gasteiger partial charge >= 0.3 is 35.8 Å². The molecule has 2 fully saturated rings. The minimum atomic E-state index is -0.865. The van der Waals surface area contributed by atoms with E-state index in [-0.39, 0.29) is 81.5 Å². The van der Waals surface area contributed by atoms with Gasteiger partial charge in [-0.1, -0.05) is 13.2 Å². The highest BCUT2D eigenvalue weighted by atomic mass is 16.7. The standard InChI is InChI=1S/C44H38O18/c1-7-37(45)57-27-13-9-23(17-31(27)51-3)41(47)59-29-15-11-25(19-33(29)53-5)43(49)61-35-21-55-40-36(22-56-39(35)40)62-44(50)26-12-16-30(34(20-26)54-6)60-42(48)24-10-14-28(32(18-24)52-4)58-38(46)8-2/h7-20,35-36,39-40H,1-2,21-22H2,3-6H3/t35-,36-,39-,40-/m1/s1. The Morgan fingerprint density at radius 2 is 0.742 bits per heavy atom. The maximum absolute atomic E-state index is 13.3. The van der Waals surface area contributed by atoms with Crippen molar-refractivity contribution in [2.75, 3.05) is 41.7 Å². The Bertz CT molecular complexity index is 2250. The SMILES string of the molecule is C=CC(=O)Oc1ccc(C(=O)Oc2ccc(C(=O)O[C@@H]3CO[C@H]4[C@@H]3OC[C@H]4OC(=O)c3ccc(OC(=O)c4ccc(OC(=O)C=C)c(OC)c4)c(OC)c3)cc2OC)cc1OC. The number of hydrogen-bond acceptors (Lipinski definition) is 18. The fourth-order valence-electron chi connectivity index (χ4n) is 6.18. The maximum atomic E-state index is 13.3. The molecule has 0 saturated carbocycles. The van der Waals surface area contributed by atoms with Crippen LogP contribution in [0, 0.1) is 0 Å². The van der Waals surface area contributed by atoms with Crippen molar-refractivity contribution in [1.29, 1.82) is 0 Å². The number of hydrogen-bond donors (Lipinski definition) is 0. The highest BCUT2D eigenvalue weighted by Gasteiger charge is 2.51. The van der Waals surface area contributed by atoms with Crippen LogP contribution in [0.3, 0.4) is 0 Å². The molecule has 0 radical (unpaired) electrons. The van der Waals surface area contributed by atoms with Gasteiger partial charge in [0.15, 0.2) is 58.2 Å². The smallest absolute Gasteiger partial charge is 0.343 e. The Morgan fingerprint density at radius 3 is 1.03 bits per heavy atom. The first-order valence-corrected chi connectivity index (χ1v) is 18.4. The fraction of sp³-hybridized carbons (Fsp3) is 0.227. The van der Waals surface area contributed by atoms with Gasteiger partial charge in [-0.15, -0.1) is 0 Å². The largest absolute Gasteiger partial charge is 0.493 e. The number of methoxy groups -OCH3 is 4. The lowest BCUT2D eigenvalue weighted by Crippen LogP contribution is -2.36. The molecule has 2 aliphatic rings. The summed E-state index contributed by atoms with van der Waals surface area (Å²) in [5, 5.41) is 0. The van der Waals surface area contributed by atoms with Gasteiger partial charge in [0.1, 0.15) is 12.2 Å². The summed E-state index contributed by atoms with van der Waals surface area (Å²) in [4.78, 5) is 75.8. The molecule has 0 aliphatic carbocycles. The van der Waals surface area contributed by atoms with Crippen LogP contribution in [-0.4, -0.2) is 102 Å². The molecule has 4 aromatic carbocycles. The van der Waals surface area contributed by atoms with Crippen molar-refractivity contribution in [3.63, 3.8) is 0 Å². The second-order valence-electron chi connectivity index (χ2n) is 13.0. The molecule has 4 atom stereocenters. The van der Waals surface area contributed by atoms with Gasteiger partial charge in [0.2, 0.25) is 0 Å². The number of ether oxygens (including phenoxy) is 12. The molecule has 2 saturated heterocycles. The number of rotatable bonds is 16. The molecule has 0 N–H and O–H groups in total. The van der Waals surface area contributed by atoms with E-state index < -0.39 is 60.2 Å². The summed E-state index contributed by atoms with van der Waals surface area (Å²) in [5.41, 5.74) is 0.259. The number of carbonyl (C=O) groups is 6. The van der Waals surface area contributed by atoms with Gasteiger partial charge in [0.05, 0.1) is 63.9 Å². The lowest BCUT2D eigenvalue weighted by Gasteiger charge is -2.18. The molecule has 2 heterocycles. The van der Waals surface area contributed by atoms with Gasteiger partial charge < -0.3 is 56.8 Å².